The molecule has 0 fully saturated rings. The number of carbonyl (C=O) groups excluding carboxylic acids is 1. The van der Waals surface area contributed by atoms with Crippen molar-refractivity contribution in [3.63, 3.8) is 0 Å². The maximum Gasteiger partial charge on any atom is 0.282 e. The highest BCUT2D eigenvalue weighted by Gasteiger charge is 2.23. The fraction of sp³-hybridized carbons (Fsp3) is 0.381. The molecule has 0 aliphatic rings. The number of benzene rings is 2. The Bertz CT molecular complexity index is 911. The number of nitrogens with one attached hydrogen (secondary N) is 1. The second kappa shape index (κ2) is 9.96. The molecule has 0 aromatic heterocycles. The van der Waals surface area contributed by atoms with Gasteiger partial charge in [0, 0.05) is 24.3 Å². The Morgan fingerprint density at radius 1 is 1.03 bits per heavy atom. The molecule has 1 amide bonds. The van der Waals surface area contributed by atoms with E-state index in [1.807, 2.05) is 26.1 Å². The Kier molecular flexibility index (Phi) is 7.89. The monoisotopic (exact) mass is 422 g/mol. The zero-order valence-corrected chi connectivity index (χ0v) is 18.0. The normalized spacial score (nSPS) is 13.9. The Morgan fingerprint density at radius 2 is 1.59 bits per heavy atom. The van der Waals surface area contributed by atoms with Crippen LogP contribution in [0.15, 0.2) is 53.4 Å². The standard InChI is InChI=1S/C21H28FN3O3S/c1-5-25(6-2)29(27,28)20-13-7-17(8-14-20)15(3)23-16(4)21(26)24-19-11-9-18(22)10-12-19/h7-16,23H,5-6H2,1-4H3,(H,24,26)/p+1/t15-,16+/m1/s1. The summed E-state index contributed by atoms with van der Waals surface area (Å²) < 4.78 is 39.5. The lowest BCUT2D eigenvalue weighted by molar-refractivity contribution is -0.709. The highest BCUT2D eigenvalue weighted by atomic mass is 32.2. The van der Waals surface area contributed by atoms with Gasteiger partial charge in [-0.25, -0.2) is 12.8 Å². The van der Waals surface area contributed by atoms with E-state index in [0.717, 1.165) is 5.56 Å². The van der Waals surface area contributed by atoms with E-state index in [0.29, 0.717) is 18.8 Å². The molecule has 0 radical (unpaired) electrons. The van der Waals surface area contributed by atoms with E-state index in [2.05, 4.69) is 5.32 Å². The summed E-state index contributed by atoms with van der Waals surface area (Å²) in [6.07, 6.45) is 0. The number of hydrogen-bond acceptors (Lipinski definition) is 3. The van der Waals surface area contributed by atoms with Gasteiger partial charge in [0.15, 0.2) is 6.04 Å². The fourth-order valence-electron chi connectivity index (χ4n) is 3.08. The molecule has 0 bridgehead atoms. The van der Waals surface area contributed by atoms with Gasteiger partial charge in [0.25, 0.3) is 5.91 Å². The third-order valence-electron chi connectivity index (χ3n) is 4.85. The molecule has 158 valence electrons. The van der Waals surface area contributed by atoms with Crippen molar-refractivity contribution in [1.29, 1.82) is 0 Å². The molecule has 0 aliphatic carbocycles. The first-order valence-corrected chi connectivity index (χ1v) is 11.1. The average Bonchev–Trinajstić information content (AvgIpc) is 2.70. The lowest BCUT2D eigenvalue weighted by Crippen LogP contribution is -2.91. The summed E-state index contributed by atoms with van der Waals surface area (Å²) in [6.45, 7) is 8.21. The summed E-state index contributed by atoms with van der Waals surface area (Å²) in [7, 11) is -3.49. The van der Waals surface area contributed by atoms with Crippen molar-refractivity contribution < 1.29 is 22.9 Å². The van der Waals surface area contributed by atoms with Crippen molar-refractivity contribution in [2.75, 3.05) is 18.4 Å². The van der Waals surface area contributed by atoms with E-state index in [9.17, 15) is 17.6 Å². The molecule has 0 aliphatic heterocycles. The Morgan fingerprint density at radius 3 is 2.10 bits per heavy atom. The molecule has 0 spiro atoms. The van der Waals surface area contributed by atoms with Crippen LogP contribution in [0.2, 0.25) is 0 Å². The largest absolute Gasteiger partial charge is 0.330 e. The van der Waals surface area contributed by atoms with Gasteiger partial charge in [-0.3, -0.25) is 4.79 Å². The third kappa shape index (κ3) is 5.85. The van der Waals surface area contributed by atoms with Crippen molar-refractivity contribution in [2.24, 2.45) is 0 Å². The smallest absolute Gasteiger partial charge is 0.282 e. The SMILES string of the molecule is CCN(CC)S(=O)(=O)c1ccc([C@@H](C)[NH2+][C@@H](C)C(=O)Nc2ccc(F)cc2)cc1. The molecule has 0 heterocycles. The number of sulfonamides is 1. The van der Waals surface area contributed by atoms with Gasteiger partial charge in [-0.2, -0.15) is 4.31 Å². The molecule has 3 N–H and O–H groups in total. The number of anilines is 1. The summed E-state index contributed by atoms with van der Waals surface area (Å²) in [4.78, 5) is 12.6. The van der Waals surface area contributed by atoms with Gasteiger partial charge in [0.05, 0.1) is 4.90 Å². The van der Waals surface area contributed by atoms with Gasteiger partial charge in [0.1, 0.15) is 11.9 Å². The maximum atomic E-state index is 13.0. The van der Waals surface area contributed by atoms with E-state index < -0.39 is 10.0 Å². The van der Waals surface area contributed by atoms with Crippen molar-refractivity contribution in [1.82, 2.24) is 4.31 Å². The highest BCUT2D eigenvalue weighted by molar-refractivity contribution is 7.89. The Balaban J connectivity index is 2.02. The van der Waals surface area contributed by atoms with E-state index in [4.69, 9.17) is 0 Å². The Labute approximate surface area is 172 Å². The molecular formula is C21H29FN3O3S+. The first kappa shape index (κ1) is 23.0. The second-order valence-corrected chi connectivity index (χ2v) is 8.86. The van der Waals surface area contributed by atoms with Crippen molar-refractivity contribution in [3.05, 3.63) is 59.9 Å². The molecule has 0 saturated heterocycles. The number of hydrogen-bond donors (Lipinski definition) is 2. The minimum Gasteiger partial charge on any atom is -0.330 e. The third-order valence-corrected chi connectivity index (χ3v) is 6.92. The van der Waals surface area contributed by atoms with Gasteiger partial charge < -0.3 is 10.6 Å². The maximum absolute atomic E-state index is 13.0. The number of amides is 1. The number of nitrogens with two attached hydrogens (primary N) is 1. The summed E-state index contributed by atoms with van der Waals surface area (Å²) in [5.74, 6) is -0.549. The van der Waals surface area contributed by atoms with Gasteiger partial charge in [-0.1, -0.05) is 26.0 Å². The number of quaternary nitrogens is 1. The number of halogens is 1. The van der Waals surface area contributed by atoms with Crippen molar-refractivity contribution in [3.8, 4) is 0 Å². The molecule has 0 saturated carbocycles. The van der Waals surface area contributed by atoms with Crippen LogP contribution in [-0.4, -0.2) is 37.8 Å². The fourth-order valence-corrected chi connectivity index (χ4v) is 4.53. The summed E-state index contributed by atoms with van der Waals surface area (Å²) in [5.41, 5.74) is 1.46. The molecule has 29 heavy (non-hydrogen) atoms. The highest BCUT2D eigenvalue weighted by Crippen LogP contribution is 2.18. The van der Waals surface area contributed by atoms with E-state index in [1.54, 1.807) is 31.2 Å². The van der Waals surface area contributed by atoms with Crippen LogP contribution in [0.3, 0.4) is 0 Å². The van der Waals surface area contributed by atoms with E-state index in [1.165, 1.54) is 28.6 Å². The predicted molar refractivity (Wildman–Crippen MR) is 111 cm³/mol. The summed E-state index contributed by atoms with van der Waals surface area (Å²) in [5, 5.41) is 4.65. The minimum atomic E-state index is -3.49. The van der Waals surface area contributed by atoms with Crippen LogP contribution in [0.25, 0.3) is 0 Å². The van der Waals surface area contributed by atoms with Crippen LogP contribution >= 0.6 is 0 Å². The molecule has 2 aromatic rings. The van der Waals surface area contributed by atoms with Gasteiger partial charge >= 0.3 is 0 Å². The molecule has 8 heteroatoms. The van der Waals surface area contributed by atoms with Crippen LogP contribution in [0.5, 0.6) is 0 Å². The zero-order chi connectivity index (χ0) is 21.6. The van der Waals surface area contributed by atoms with Crippen LogP contribution < -0.4 is 10.6 Å². The lowest BCUT2D eigenvalue weighted by atomic mass is 10.1. The number of nitrogens with zero attached hydrogens (tertiary/aromatic N) is 1. The molecular weight excluding hydrogens is 393 g/mol. The number of rotatable bonds is 9. The quantitative estimate of drug-likeness (QED) is 0.651. The van der Waals surface area contributed by atoms with Crippen LogP contribution in [-0.2, 0) is 14.8 Å². The van der Waals surface area contributed by atoms with Gasteiger partial charge in [-0.15, -0.1) is 0 Å². The average molecular weight is 423 g/mol. The molecule has 2 rings (SSSR count). The first-order chi connectivity index (χ1) is 13.7. The van der Waals surface area contributed by atoms with Crippen molar-refractivity contribution >= 4 is 21.6 Å². The topological polar surface area (TPSA) is 83.1 Å². The first-order valence-electron chi connectivity index (χ1n) is 9.70. The lowest BCUT2D eigenvalue weighted by Gasteiger charge is -2.19. The van der Waals surface area contributed by atoms with Gasteiger partial charge in [-0.05, 0) is 50.2 Å². The molecule has 2 atom stereocenters. The minimum absolute atomic E-state index is 0.0471. The predicted octanol–water partition coefficient (Wildman–Crippen LogP) is 2.51. The van der Waals surface area contributed by atoms with Gasteiger partial charge in [0.2, 0.25) is 10.0 Å². The number of carbonyl (C=O) groups is 1. The second-order valence-electron chi connectivity index (χ2n) is 6.92. The van der Waals surface area contributed by atoms with Crippen molar-refractivity contribution in [2.45, 2.75) is 44.7 Å². The summed E-state index contributed by atoms with van der Waals surface area (Å²) in [6, 6.07) is 12.0. The summed E-state index contributed by atoms with van der Waals surface area (Å²) >= 11 is 0. The molecule has 2 aromatic carbocycles. The molecule has 0 unspecified atom stereocenters. The Hall–Kier alpha value is -2.29. The van der Waals surface area contributed by atoms with Crippen LogP contribution in [0, 0.1) is 5.82 Å². The zero-order valence-electron chi connectivity index (χ0n) is 17.2. The van der Waals surface area contributed by atoms with Crippen LogP contribution in [0.4, 0.5) is 10.1 Å². The van der Waals surface area contributed by atoms with E-state index in [-0.39, 0.29) is 28.7 Å². The van der Waals surface area contributed by atoms with E-state index >= 15 is 0 Å². The molecule has 6 nitrogen and oxygen atoms in total. The van der Waals surface area contributed by atoms with Crippen LogP contribution in [0.1, 0.15) is 39.3 Å².